The fourth-order valence-corrected chi connectivity index (χ4v) is 0.884. The molecule has 0 aromatic heterocycles. The summed E-state index contributed by atoms with van der Waals surface area (Å²) in [6.07, 6.45) is 2.30. The molecule has 1 atom stereocenters. The van der Waals surface area contributed by atoms with Gasteiger partial charge in [0.25, 0.3) is 0 Å². The van der Waals surface area contributed by atoms with Crippen LogP contribution in [0.4, 0.5) is 0 Å². The van der Waals surface area contributed by atoms with Gasteiger partial charge < -0.3 is 0 Å². The second-order valence-electron chi connectivity index (χ2n) is 3.76. The minimum absolute atomic E-state index is 0.640. The molecule has 0 aliphatic carbocycles. The van der Waals surface area contributed by atoms with Crippen LogP contribution in [0.3, 0.4) is 0 Å². The third-order valence-corrected chi connectivity index (χ3v) is 2.47. The molecule has 0 bridgehead atoms. The topological polar surface area (TPSA) is 12.4 Å². The molecule has 0 heterocycles. The maximum atomic E-state index is 4.15. The molecule has 0 saturated heterocycles. The van der Waals surface area contributed by atoms with Crippen LogP contribution in [-0.4, -0.2) is 12.8 Å². The number of aliphatic imine (C=N–C) groups is 1. The first-order valence-electron chi connectivity index (χ1n) is 4.61. The molecule has 0 aromatic rings. The molecule has 1 heteroatoms. The van der Waals surface area contributed by atoms with Crippen LogP contribution in [0.15, 0.2) is 16.6 Å². The summed E-state index contributed by atoms with van der Waals surface area (Å²) in [5, 5.41) is 0. The number of rotatable bonds is 3. The molecule has 0 rings (SSSR count). The first kappa shape index (κ1) is 11.4. The molecule has 0 N–H and O–H groups in total. The Bertz CT molecular complexity index is 187. The summed E-state index contributed by atoms with van der Waals surface area (Å²) in [6, 6.07) is 0. The van der Waals surface area contributed by atoms with Gasteiger partial charge in [0.05, 0.1) is 0 Å². The first-order valence-corrected chi connectivity index (χ1v) is 4.61. The second-order valence-corrected chi connectivity index (χ2v) is 3.76. The highest BCUT2D eigenvalue weighted by atomic mass is 14.7. The fraction of sp³-hybridized carbons (Fsp3) is 0.727. The van der Waals surface area contributed by atoms with Gasteiger partial charge in [-0.25, -0.2) is 0 Å². The molecular weight excluding hydrogens is 146 g/mol. The van der Waals surface area contributed by atoms with Gasteiger partial charge in [-0.1, -0.05) is 26.8 Å². The van der Waals surface area contributed by atoms with Crippen LogP contribution in [0.2, 0.25) is 0 Å². The van der Waals surface area contributed by atoms with Crippen molar-refractivity contribution in [2.24, 2.45) is 16.8 Å². The van der Waals surface area contributed by atoms with Crippen molar-refractivity contribution in [3.8, 4) is 0 Å². The van der Waals surface area contributed by atoms with E-state index in [0.717, 1.165) is 5.71 Å². The summed E-state index contributed by atoms with van der Waals surface area (Å²) < 4.78 is 0. The van der Waals surface area contributed by atoms with E-state index < -0.39 is 0 Å². The van der Waals surface area contributed by atoms with Crippen LogP contribution in [0.5, 0.6) is 0 Å². The minimum atomic E-state index is 0.640. The van der Waals surface area contributed by atoms with Crippen LogP contribution >= 0.6 is 0 Å². The Hall–Kier alpha value is -0.590. The first-order chi connectivity index (χ1) is 5.49. The van der Waals surface area contributed by atoms with Crippen molar-refractivity contribution in [3.05, 3.63) is 11.6 Å². The van der Waals surface area contributed by atoms with Crippen LogP contribution < -0.4 is 0 Å². The molecule has 70 valence electrons. The maximum Gasteiger partial charge on any atom is 0.0339 e. The van der Waals surface area contributed by atoms with E-state index in [9.17, 15) is 0 Å². The Morgan fingerprint density at radius 3 is 2.00 bits per heavy atom. The molecule has 0 aliphatic rings. The van der Waals surface area contributed by atoms with Gasteiger partial charge in [0.1, 0.15) is 0 Å². The smallest absolute Gasteiger partial charge is 0.0339 e. The number of hydrogen-bond donors (Lipinski definition) is 0. The Kier molecular flexibility index (Phi) is 4.87. The van der Waals surface area contributed by atoms with Gasteiger partial charge >= 0.3 is 0 Å². The molecular formula is C11H21N. The van der Waals surface area contributed by atoms with Crippen molar-refractivity contribution in [2.45, 2.75) is 34.6 Å². The Morgan fingerprint density at radius 1 is 1.17 bits per heavy atom. The van der Waals surface area contributed by atoms with Crippen molar-refractivity contribution in [2.75, 3.05) is 7.05 Å². The highest BCUT2D eigenvalue weighted by Gasteiger charge is 2.04. The van der Waals surface area contributed by atoms with E-state index in [0.29, 0.717) is 11.8 Å². The van der Waals surface area contributed by atoms with E-state index in [4.69, 9.17) is 0 Å². The third kappa shape index (κ3) is 3.70. The average Bonchev–Trinajstić information content (AvgIpc) is 2.02. The lowest BCUT2D eigenvalue weighted by Crippen LogP contribution is -2.03. The van der Waals surface area contributed by atoms with E-state index in [1.54, 1.807) is 0 Å². The van der Waals surface area contributed by atoms with Gasteiger partial charge in [-0.3, -0.25) is 4.99 Å². The maximum absolute atomic E-state index is 4.15. The largest absolute Gasteiger partial charge is 0.293 e. The molecule has 0 saturated carbocycles. The highest BCUT2D eigenvalue weighted by Crippen LogP contribution is 2.13. The van der Waals surface area contributed by atoms with Gasteiger partial charge in [0.15, 0.2) is 0 Å². The second kappa shape index (κ2) is 5.13. The van der Waals surface area contributed by atoms with Crippen LogP contribution in [-0.2, 0) is 0 Å². The fourth-order valence-electron chi connectivity index (χ4n) is 0.884. The third-order valence-electron chi connectivity index (χ3n) is 2.47. The number of allylic oxidation sites excluding steroid dienone is 2. The van der Waals surface area contributed by atoms with Crippen LogP contribution in [0.25, 0.3) is 0 Å². The quantitative estimate of drug-likeness (QED) is 0.572. The normalized spacial score (nSPS) is 16.9. The SMILES string of the molecule is C/N=C(C)\C(C)=C\C(C)C(C)C. The Labute approximate surface area is 76.6 Å². The zero-order chi connectivity index (χ0) is 9.72. The molecule has 0 aromatic carbocycles. The summed E-state index contributed by atoms with van der Waals surface area (Å²) >= 11 is 0. The molecule has 0 spiro atoms. The summed E-state index contributed by atoms with van der Waals surface area (Å²) in [7, 11) is 1.84. The molecule has 12 heavy (non-hydrogen) atoms. The lowest BCUT2D eigenvalue weighted by Gasteiger charge is -2.11. The average molecular weight is 167 g/mol. The Balaban J connectivity index is 4.35. The molecule has 0 amide bonds. The van der Waals surface area contributed by atoms with Gasteiger partial charge in [-0.2, -0.15) is 0 Å². The number of nitrogens with zero attached hydrogens (tertiary/aromatic N) is 1. The predicted octanol–water partition coefficient (Wildman–Crippen LogP) is 3.32. The van der Waals surface area contributed by atoms with Gasteiger partial charge in [0.2, 0.25) is 0 Å². The predicted molar refractivity (Wildman–Crippen MR) is 56.8 cm³/mol. The van der Waals surface area contributed by atoms with Crippen LogP contribution in [0, 0.1) is 11.8 Å². The summed E-state index contributed by atoms with van der Waals surface area (Å²) in [5.74, 6) is 1.35. The minimum Gasteiger partial charge on any atom is -0.293 e. The van der Waals surface area contributed by atoms with Crippen molar-refractivity contribution in [3.63, 3.8) is 0 Å². The van der Waals surface area contributed by atoms with E-state index in [1.165, 1.54) is 5.57 Å². The van der Waals surface area contributed by atoms with Crippen LogP contribution in [0.1, 0.15) is 34.6 Å². The molecule has 1 nitrogen and oxygen atoms in total. The highest BCUT2D eigenvalue weighted by molar-refractivity contribution is 5.97. The molecule has 0 fully saturated rings. The van der Waals surface area contributed by atoms with Gasteiger partial charge in [-0.05, 0) is 31.3 Å². The zero-order valence-corrected chi connectivity index (χ0v) is 9.18. The van der Waals surface area contributed by atoms with Crippen molar-refractivity contribution >= 4 is 5.71 Å². The van der Waals surface area contributed by atoms with E-state index in [2.05, 4.69) is 45.7 Å². The van der Waals surface area contributed by atoms with E-state index >= 15 is 0 Å². The van der Waals surface area contributed by atoms with E-state index in [1.807, 2.05) is 7.05 Å². The van der Waals surface area contributed by atoms with Crippen molar-refractivity contribution in [1.82, 2.24) is 0 Å². The summed E-state index contributed by atoms with van der Waals surface area (Å²) in [6.45, 7) is 10.9. The zero-order valence-electron chi connectivity index (χ0n) is 9.18. The number of hydrogen-bond acceptors (Lipinski definition) is 1. The standard InChI is InChI=1S/C11H21N/c1-8(2)9(3)7-10(4)11(5)12-6/h7-9H,1-6H3/b10-7+,12-11-. The summed E-state index contributed by atoms with van der Waals surface area (Å²) in [4.78, 5) is 4.15. The van der Waals surface area contributed by atoms with Gasteiger partial charge in [-0.15, -0.1) is 0 Å². The lowest BCUT2D eigenvalue weighted by molar-refractivity contribution is 0.503. The Morgan fingerprint density at radius 2 is 1.67 bits per heavy atom. The van der Waals surface area contributed by atoms with E-state index in [-0.39, 0.29) is 0 Å². The summed E-state index contributed by atoms with van der Waals surface area (Å²) in [5.41, 5.74) is 2.45. The molecule has 1 unspecified atom stereocenters. The lowest BCUT2D eigenvalue weighted by atomic mass is 9.95. The monoisotopic (exact) mass is 167 g/mol. The molecule has 0 aliphatic heterocycles. The van der Waals surface area contributed by atoms with Gasteiger partial charge in [0, 0.05) is 12.8 Å². The van der Waals surface area contributed by atoms with Crippen molar-refractivity contribution < 1.29 is 0 Å². The van der Waals surface area contributed by atoms with Crippen molar-refractivity contribution in [1.29, 1.82) is 0 Å². The molecule has 0 radical (unpaired) electrons.